The van der Waals surface area contributed by atoms with Gasteiger partial charge in [-0.25, -0.2) is 4.98 Å². The third-order valence-electron chi connectivity index (χ3n) is 4.03. The minimum atomic E-state index is -0.302. The zero-order chi connectivity index (χ0) is 18.7. The summed E-state index contributed by atoms with van der Waals surface area (Å²) in [6.45, 7) is 1.90. The zero-order valence-corrected chi connectivity index (χ0v) is 15.5. The molecule has 1 aromatic carbocycles. The molecule has 0 aliphatic heterocycles. The molecule has 0 saturated heterocycles. The number of hydrogen-bond acceptors (Lipinski definition) is 3. The van der Waals surface area contributed by atoms with Crippen LogP contribution in [0.5, 0.6) is 0 Å². The van der Waals surface area contributed by atoms with Crippen molar-refractivity contribution in [1.82, 2.24) is 15.3 Å². The molecule has 134 valence electrons. The van der Waals surface area contributed by atoms with E-state index in [1.807, 2.05) is 19.1 Å². The second kappa shape index (κ2) is 7.91. The number of aliphatic hydroxyl groups excluding tert-OH is 1. The van der Waals surface area contributed by atoms with Gasteiger partial charge in [0.2, 0.25) is 0 Å². The van der Waals surface area contributed by atoms with E-state index in [0.717, 1.165) is 22.4 Å². The maximum Gasteiger partial charge on any atom is 0.268 e. The molecule has 0 bridgehead atoms. The number of pyridine rings is 1. The molecule has 0 radical (unpaired) electrons. The number of nitrogens with one attached hydrogen (secondary N) is 2. The highest BCUT2D eigenvalue weighted by atomic mass is 35.5. The van der Waals surface area contributed by atoms with E-state index in [4.69, 9.17) is 23.2 Å². The number of aromatic amines is 1. The number of benzene rings is 1. The van der Waals surface area contributed by atoms with Crippen molar-refractivity contribution in [2.24, 2.45) is 0 Å². The lowest BCUT2D eigenvalue weighted by molar-refractivity contribution is 0.0943. The molecule has 3 aromatic rings. The van der Waals surface area contributed by atoms with Crippen LogP contribution >= 0.6 is 23.2 Å². The number of carbonyl (C=O) groups is 1. The van der Waals surface area contributed by atoms with E-state index in [9.17, 15) is 9.90 Å². The minimum absolute atomic E-state index is 0.278. The van der Waals surface area contributed by atoms with Crippen molar-refractivity contribution in [3.63, 3.8) is 0 Å². The monoisotopic (exact) mass is 389 g/mol. The Morgan fingerprint density at radius 2 is 2.08 bits per heavy atom. The van der Waals surface area contributed by atoms with Gasteiger partial charge in [-0.1, -0.05) is 35.3 Å². The molecular weight excluding hydrogens is 373 g/mol. The molecule has 0 spiro atoms. The Hall–Kier alpha value is -2.34. The van der Waals surface area contributed by atoms with Crippen molar-refractivity contribution in [1.29, 1.82) is 0 Å². The van der Waals surface area contributed by atoms with E-state index < -0.39 is 0 Å². The molecule has 0 saturated carbocycles. The third-order valence-corrected chi connectivity index (χ3v) is 4.48. The standard InChI is InChI=1S/C19H17Cl2N3O2/c1-11-17(13-5-6-22-16(21)8-13)15(10-25)18(24-11)19(26)23-9-12-3-2-4-14(20)7-12/h2-8,24-25H,9-10H2,1H3,(H,23,26). The summed E-state index contributed by atoms with van der Waals surface area (Å²) in [7, 11) is 0. The predicted octanol–water partition coefficient (Wildman–Crippen LogP) is 4.11. The molecule has 2 heterocycles. The minimum Gasteiger partial charge on any atom is -0.392 e. The van der Waals surface area contributed by atoms with Gasteiger partial charge in [0.15, 0.2) is 0 Å². The van der Waals surface area contributed by atoms with Gasteiger partial charge in [0.25, 0.3) is 5.91 Å². The number of rotatable bonds is 5. The normalized spacial score (nSPS) is 10.8. The van der Waals surface area contributed by atoms with Gasteiger partial charge in [-0.15, -0.1) is 0 Å². The number of carbonyl (C=O) groups excluding carboxylic acids is 1. The summed E-state index contributed by atoms with van der Waals surface area (Å²) in [5, 5.41) is 13.6. The molecule has 5 nitrogen and oxygen atoms in total. The molecule has 26 heavy (non-hydrogen) atoms. The van der Waals surface area contributed by atoms with Crippen LogP contribution in [0.2, 0.25) is 10.2 Å². The van der Waals surface area contributed by atoms with Crippen LogP contribution in [0.3, 0.4) is 0 Å². The van der Waals surface area contributed by atoms with Crippen LogP contribution in [0.25, 0.3) is 11.1 Å². The van der Waals surface area contributed by atoms with E-state index in [1.165, 1.54) is 0 Å². The lowest BCUT2D eigenvalue weighted by Crippen LogP contribution is -2.24. The average molecular weight is 390 g/mol. The number of halogens is 2. The van der Waals surface area contributed by atoms with Crippen molar-refractivity contribution in [2.75, 3.05) is 0 Å². The smallest absolute Gasteiger partial charge is 0.268 e. The van der Waals surface area contributed by atoms with Gasteiger partial charge < -0.3 is 15.4 Å². The Labute approximate surface area is 161 Å². The van der Waals surface area contributed by atoms with E-state index in [0.29, 0.717) is 28.0 Å². The second-order valence-corrected chi connectivity index (χ2v) is 6.64. The number of nitrogens with zero attached hydrogens (tertiary/aromatic N) is 1. The first-order valence-corrected chi connectivity index (χ1v) is 8.72. The maximum absolute atomic E-state index is 12.6. The quantitative estimate of drug-likeness (QED) is 0.574. The van der Waals surface area contributed by atoms with Crippen LogP contribution in [0.15, 0.2) is 42.6 Å². The van der Waals surface area contributed by atoms with Gasteiger partial charge in [-0.2, -0.15) is 0 Å². The molecule has 3 rings (SSSR count). The highest BCUT2D eigenvalue weighted by molar-refractivity contribution is 6.30. The molecule has 0 aliphatic carbocycles. The van der Waals surface area contributed by atoms with E-state index in [-0.39, 0.29) is 12.5 Å². The van der Waals surface area contributed by atoms with Gasteiger partial charge >= 0.3 is 0 Å². The first kappa shape index (κ1) is 18.5. The molecule has 2 aromatic heterocycles. The van der Waals surface area contributed by atoms with Crippen LogP contribution in [-0.4, -0.2) is 21.0 Å². The van der Waals surface area contributed by atoms with Gasteiger partial charge in [-0.05, 0) is 42.3 Å². The van der Waals surface area contributed by atoms with Gasteiger partial charge in [0.1, 0.15) is 10.8 Å². The fourth-order valence-electron chi connectivity index (χ4n) is 2.90. The third kappa shape index (κ3) is 3.90. The van der Waals surface area contributed by atoms with Gasteiger partial charge in [-0.3, -0.25) is 4.79 Å². The average Bonchev–Trinajstić information content (AvgIpc) is 2.96. The fourth-order valence-corrected chi connectivity index (χ4v) is 3.28. The Kier molecular flexibility index (Phi) is 5.61. The van der Waals surface area contributed by atoms with Crippen molar-refractivity contribution < 1.29 is 9.90 Å². The van der Waals surface area contributed by atoms with Gasteiger partial charge in [0, 0.05) is 34.6 Å². The molecule has 1 amide bonds. The van der Waals surface area contributed by atoms with Crippen LogP contribution in [-0.2, 0) is 13.2 Å². The number of hydrogen-bond donors (Lipinski definition) is 3. The summed E-state index contributed by atoms with van der Waals surface area (Å²) in [6, 6.07) is 10.8. The highest BCUT2D eigenvalue weighted by Crippen LogP contribution is 2.31. The molecular formula is C19H17Cl2N3O2. The summed E-state index contributed by atoms with van der Waals surface area (Å²) in [5.41, 5.74) is 4.05. The number of aliphatic hydroxyl groups is 1. The molecule has 0 unspecified atom stereocenters. The lowest BCUT2D eigenvalue weighted by atomic mass is 10.0. The summed E-state index contributed by atoms with van der Waals surface area (Å²) >= 11 is 11.9. The Balaban J connectivity index is 1.88. The first-order chi connectivity index (χ1) is 12.5. The Morgan fingerprint density at radius 3 is 2.77 bits per heavy atom. The summed E-state index contributed by atoms with van der Waals surface area (Å²) in [4.78, 5) is 19.7. The molecule has 0 aliphatic rings. The Bertz CT molecular complexity index is 954. The van der Waals surface area contributed by atoms with Crippen molar-refractivity contribution in [3.05, 3.63) is 75.3 Å². The van der Waals surface area contributed by atoms with E-state index in [1.54, 1.807) is 30.5 Å². The largest absolute Gasteiger partial charge is 0.392 e. The maximum atomic E-state index is 12.6. The molecule has 3 N–H and O–H groups in total. The highest BCUT2D eigenvalue weighted by Gasteiger charge is 2.21. The number of aryl methyl sites for hydroxylation is 1. The predicted molar refractivity (Wildman–Crippen MR) is 102 cm³/mol. The molecule has 0 atom stereocenters. The summed E-state index contributed by atoms with van der Waals surface area (Å²) in [5.74, 6) is -0.302. The van der Waals surface area contributed by atoms with Crippen LogP contribution in [0, 0.1) is 6.92 Å². The first-order valence-electron chi connectivity index (χ1n) is 7.96. The van der Waals surface area contributed by atoms with E-state index >= 15 is 0 Å². The fraction of sp³-hybridized carbons (Fsp3) is 0.158. The van der Waals surface area contributed by atoms with Crippen LogP contribution in [0.4, 0.5) is 0 Å². The van der Waals surface area contributed by atoms with Crippen molar-refractivity contribution >= 4 is 29.1 Å². The second-order valence-electron chi connectivity index (χ2n) is 5.82. The number of aromatic nitrogens is 2. The summed E-state index contributed by atoms with van der Waals surface area (Å²) in [6.07, 6.45) is 1.59. The van der Waals surface area contributed by atoms with Crippen molar-refractivity contribution in [2.45, 2.75) is 20.1 Å². The lowest BCUT2D eigenvalue weighted by Gasteiger charge is -2.07. The summed E-state index contributed by atoms with van der Waals surface area (Å²) < 4.78 is 0. The molecule has 0 fully saturated rings. The van der Waals surface area contributed by atoms with E-state index in [2.05, 4.69) is 15.3 Å². The van der Waals surface area contributed by atoms with Gasteiger partial charge in [0.05, 0.1) is 6.61 Å². The zero-order valence-electron chi connectivity index (χ0n) is 14.0. The topological polar surface area (TPSA) is 78.0 Å². The number of amides is 1. The van der Waals surface area contributed by atoms with Crippen molar-refractivity contribution in [3.8, 4) is 11.1 Å². The van der Waals surface area contributed by atoms with Crippen LogP contribution in [0.1, 0.15) is 27.3 Å². The Morgan fingerprint density at radius 1 is 1.27 bits per heavy atom. The molecule has 7 heteroatoms. The number of H-pyrrole nitrogens is 1. The SMILES string of the molecule is Cc1[nH]c(C(=O)NCc2cccc(Cl)c2)c(CO)c1-c1ccnc(Cl)c1. The van der Waals surface area contributed by atoms with Crippen LogP contribution < -0.4 is 5.32 Å².